The van der Waals surface area contributed by atoms with E-state index in [1.54, 1.807) is 0 Å². The summed E-state index contributed by atoms with van der Waals surface area (Å²) >= 11 is 0. The zero-order chi connectivity index (χ0) is 10.9. The molecule has 3 amide bonds. The molecule has 1 saturated heterocycles. The molecule has 1 heterocycles. The number of hydrogen-bond donors (Lipinski definition) is 1. The zero-order valence-electron chi connectivity index (χ0n) is 8.40. The van der Waals surface area contributed by atoms with Crippen LogP contribution in [0.2, 0.25) is 0 Å². The first-order valence-corrected chi connectivity index (χ1v) is 4.24. The Kier molecular flexibility index (Phi) is 2.85. The molecule has 0 aromatic rings. The molecule has 1 atom stereocenters. The molecule has 6 nitrogen and oxygen atoms in total. The van der Waals surface area contributed by atoms with Crippen molar-refractivity contribution >= 4 is 17.7 Å². The van der Waals surface area contributed by atoms with Crippen LogP contribution < -0.4 is 5.43 Å². The second-order valence-corrected chi connectivity index (χ2v) is 3.33. The molecule has 1 N–H and O–H groups in total. The van der Waals surface area contributed by atoms with Crippen LogP contribution in [-0.2, 0) is 9.59 Å². The van der Waals surface area contributed by atoms with Gasteiger partial charge in [0.15, 0.2) is 0 Å². The van der Waals surface area contributed by atoms with E-state index < -0.39 is 12.1 Å². The first-order chi connectivity index (χ1) is 6.43. The molecule has 0 aliphatic carbocycles. The minimum absolute atomic E-state index is 0.0907. The minimum atomic E-state index is -0.625. The molecule has 1 aliphatic rings. The van der Waals surface area contributed by atoms with Gasteiger partial charge in [0.1, 0.15) is 11.8 Å². The lowest BCUT2D eigenvalue weighted by Gasteiger charge is -2.34. The lowest BCUT2D eigenvalue weighted by molar-refractivity contribution is -0.136. The van der Waals surface area contributed by atoms with Crippen molar-refractivity contribution in [1.29, 1.82) is 0 Å². The highest BCUT2D eigenvalue weighted by Crippen LogP contribution is 2.07. The Morgan fingerprint density at radius 1 is 1.43 bits per heavy atom. The third-order valence-corrected chi connectivity index (χ3v) is 2.04. The topological polar surface area (TPSA) is 69.7 Å². The van der Waals surface area contributed by atoms with Crippen LogP contribution >= 0.6 is 0 Å². The van der Waals surface area contributed by atoms with Gasteiger partial charge in [-0.25, -0.2) is 10.2 Å². The monoisotopic (exact) mass is 199 g/mol. The van der Waals surface area contributed by atoms with Gasteiger partial charge in [0, 0.05) is 20.5 Å². The average Bonchev–Trinajstić information content (AvgIpc) is 2.10. The molecule has 6 heteroatoms. The number of hydrogen-bond acceptors (Lipinski definition) is 4. The van der Waals surface area contributed by atoms with Gasteiger partial charge in [-0.05, 0) is 6.92 Å². The van der Waals surface area contributed by atoms with Gasteiger partial charge in [0.2, 0.25) is 5.91 Å². The summed E-state index contributed by atoms with van der Waals surface area (Å²) in [5.41, 5.74) is 2.65. The Hall–Kier alpha value is -1.43. The lowest BCUT2D eigenvalue weighted by atomic mass is 10.1. The number of carbonyl (C=O) groups excluding carboxylic acids is 3. The first kappa shape index (κ1) is 10.6. The third-order valence-electron chi connectivity index (χ3n) is 2.04. The number of amides is 3. The smallest absolute Gasteiger partial charge is 0.300 e. The number of rotatable bonds is 2. The van der Waals surface area contributed by atoms with Crippen molar-refractivity contribution in [2.45, 2.75) is 19.4 Å². The molecule has 0 saturated carbocycles. The molecule has 0 spiro atoms. The van der Waals surface area contributed by atoms with Gasteiger partial charge >= 0.3 is 6.03 Å². The number of urea groups is 1. The summed E-state index contributed by atoms with van der Waals surface area (Å²) in [5, 5.41) is 1.20. The van der Waals surface area contributed by atoms with Gasteiger partial charge < -0.3 is 0 Å². The Bertz CT molecular complexity index is 290. The van der Waals surface area contributed by atoms with E-state index in [9.17, 15) is 14.4 Å². The van der Waals surface area contributed by atoms with Crippen LogP contribution in [-0.4, -0.2) is 47.8 Å². The van der Waals surface area contributed by atoms with Gasteiger partial charge in [-0.1, -0.05) is 0 Å². The number of nitrogens with zero attached hydrogens (tertiary/aromatic N) is 2. The summed E-state index contributed by atoms with van der Waals surface area (Å²) in [6.07, 6.45) is 0.0980. The number of Topliss-reactive ketones (excluding diaryl/α,β-unsaturated/α-hetero) is 1. The molecular formula is C8H13N3O3. The molecule has 1 fully saturated rings. The largest absolute Gasteiger partial charge is 0.340 e. The van der Waals surface area contributed by atoms with E-state index in [0.29, 0.717) is 0 Å². The Morgan fingerprint density at radius 2 is 2.00 bits per heavy atom. The summed E-state index contributed by atoms with van der Waals surface area (Å²) in [6.45, 7) is 1.41. The van der Waals surface area contributed by atoms with E-state index >= 15 is 0 Å². The van der Waals surface area contributed by atoms with E-state index in [0.717, 1.165) is 4.90 Å². The molecular weight excluding hydrogens is 186 g/mol. The number of hydrazine groups is 1. The van der Waals surface area contributed by atoms with Gasteiger partial charge in [-0.15, -0.1) is 0 Å². The average molecular weight is 199 g/mol. The minimum Gasteiger partial charge on any atom is -0.300 e. The van der Waals surface area contributed by atoms with E-state index in [1.165, 1.54) is 26.0 Å². The van der Waals surface area contributed by atoms with Crippen molar-refractivity contribution in [1.82, 2.24) is 15.3 Å². The maximum absolute atomic E-state index is 11.5. The Labute approximate surface area is 81.8 Å². The summed E-state index contributed by atoms with van der Waals surface area (Å²) < 4.78 is 0. The van der Waals surface area contributed by atoms with Crippen molar-refractivity contribution in [3.05, 3.63) is 0 Å². The van der Waals surface area contributed by atoms with Crippen molar-refractivity contribution < 1.29 is 14.4 Å². The summed E-state index contributed by atoms with van der Waals surface area (Å²) in [5.74, 6) is -0.463. The van der Waals surface area contributed by atoms with Crippen LogP contribution in [0.15, 0.2) is 0 Å². The van der Waals surface area contributed by atoms with Crippen LogP contribution in [0.5, 0.6) is 0 Å². The van der Waals surface area contributed by atoms with Gasteiger partial charge in [-0.2, -0.15) is 0 Å². The highest BCUT2D eigenvalue weighted by atomic mass is 16.2. The van der Waals surface area contributed by atoms with Gasteiger partial charge in [0.25, 0.3) is 0 Å². The summed E-state index contributed by atoms with van der Waals surface area (Å²) in [6, 6.07) is -1.05. The van der Waals surface area contributed by atoms with Crippen LogP contribution in [0.1, 0.15) is 13.3 Å². The van der Waals surface area contributed by atoms with Crippen molar-refractivity contribution in [3.63, 3.8) is 0 Å². The molecule has 1 rings (SSSR count). The second-order valence-electron chi connectivity index (χ2n) is 3.33. The predicted molar refractivity (Wildman–Crippen MR) is 48.2 cm³/mol. The maximum Gasteiger partial charge on any atom is 0.340 e. The standard InChI is InChI=1S/C8H13N3O3/c1-5(12)4-6-7(13)10(2)8(14)11(3)9-6/h6,9H,4H2,1-3H3. The highest BCUT2D eigenvalue weighted by Gasteiger charge is 2.35. The molecule has 78 valence electrons. The van der Waals surface area contributed by atoms with Crippen molar-refractivity contribution in [2.24, 2.45) is 0 Å². The molecule has 0 aromatic carbocycles. The van der Waals surface area contributed by atoms with E-state index in [1.807, 2.05) is 0 Å². The maximum atomic E-state index is 11.5. The normalized spacial score (nSPS) is 22.9. The van der Waals surface area contributed by atoms with Crippen LogP contribution in [0.4, 0.5) is 4.79 Å². The molecule has 0 aromatic heterocycles. The Morgan fingerprint density at radius 3 is 2.50 bits per heavy atom. The van der Waals surface area contributed by atoms with Gasteiger partial charge in [-0.3, -0.25) is 19.5 Å². The first-order valence-electron chi connectivity index (χ1n) is 4.24. The van der Waals surface area contributed by atoms with Crippen LogP contribution in [0.3, 0.4) is 0 Å². The zero-order valence-corrected chi connectivity index (χ0v) is 8.40. The fourth-order valence-electron chi connectivity index (χ4n) is 1.32. The van der Waals surface area contributed by atoms with Crippen LogP contribution in [0.25, 0.3) is 0 Å². The predicted octanol–water partition coefficient (Wildman–Crippen LogP) is -0.637. The Balaban J connectivity index is 2.75. The molecule has 14 heavy (non-hydrogen) atoms. The third kappa shape index (κ3) is 1.90. The van der Waals surface area contributed by atoms with Crippen molar-refractivity contribution in [3.8, 4) is 0 Å². The van der Waals surface area contributed by atoms with E-state index in [2.05, 4.69) is 5.43 Å². The molecule has 0 bridgehead atoms. The number of likely N-dealkylation sites (N-methyl/N-ethyl adjacent to an activating group) is 1. The highest BCUT2D eigenvalue weighted by molar-refractivity contribution is 6.00. The molecule has 1 unspecified atom stereocenters. The molecule has 1 aliphatic heterocycles. The van der Waals surface area contributed by atoms with E-state index in [-0.39, 0.29) is 18.1 Å². The van der Waals surface area contributed by atoms with Crippen LogP contribution in [0, 0.1) is 0 Å². The second kappa shape index (κ2) is 3.75. The SMILES string of the molecule is CC(=O)CC1NN(C)C(=O)N(C)C1=O. The number of imide groups is 1. The number of nitrogens with one attached hydrogen (secondary N) is 1. The number of carbonyl (C=O) groups is 3. The summed E-state index contributed by atoms with van der Waals surface area (Å²) in [4.78, 5) is 34.6. The van der Waals surface area contributed by atoms with E-state index in [4.69, 9.17) is 0 Å². The number of ketones is 1. The fourth-order valence-corrected chi connectivity index (χ4v) is 1.32. The summed E-state index contributed by atoms with van der Waals surface area (Å²) in [7, 11) is 2.91. The molecule has 0 radical (unpaired) electrons. The van der Waals surface area contributed by atoms with Crippen molar-refractivity contribution in [2.75, 3.05) is 14.1 Å². The lowest BCUT2D eigenvalue weighted by Crippen LogP contribution is -2.63. The van der Waals surface area contributed by atoms with Gasteiger partial charge in [0.05, 0.1) is 0 Å². The fraction of sp³-hybridized carbons (Fsp3) is 0.625. The quantitative estimate of drug-likeness (QED) is 0.642.